The van der Waals surface area contributed by atoms with E-state index in [1.54, 1.807) is 24.3 Å². The van der Waals surface area contributed by atoms with Crippen LogP contribution in [0.3, 0.4) is 0 Å². The predicted octanol–water partition coefficient (Wildman–Crippen LogP) is 6.66. The molecule has 42 heavy (non-hydrogen) atoms. The number of carboxylic acids is 1. The number of aromatic carboxylic acids is 1. The van der Waals surface area contributed by atoms with Crippen molar-refractivity contribution in [2.24, 2.45) is 0 Å². The van der Waals surface area contributed by atoms with Crippen LogP contribution in [-0.4, -0.2) is 55.5 Å². The monoisotopic (exact) mass is 603 g/mol. The molecule has 4 rings (SSSR count). The fraction of sp³-hybridized carbons (Fsp3) is 0.241. The summed E-state index contributed by atoms with van der Waals surface area (Å²) in [6, 6.07) is 15.6. The number of halogens is 4. The SMILES string of the molecule is CC.N=C(c1ccc(O)cc1)N(CCC(F)(F)F)C(=O)NCc1nn(Cc2ccccc2Cl)c2cc(C(=O)O)ccc12. The second-order valence-electron chi connectivity index (χ2n) is 8.80. The highest BCUT2D eigenvalue weighted by molar-refractivity contribution is 6.31. The van der Waals surface area contributed by atoms with Gasteiger partial charge in [-0.15, -0.1) is 0 Å². The average molecular weight is 604 g/mol. The van der Waals surface area contributed by atoms with E-state index in [1.807, 2.05) is 13.8 Å². The molecule has 0 fully saturated rings. The zero-order valence-corrected chi connectivity index (χ0v) is 23.5. The van der Waals surface area contributed by atoms with E-state index in [0.29, 0.717) is 32.1 Å². The molecule has 0 saturated carbocycles. The smallest absolute Gasteiger partial charge is 0.390 e. The first-order valence-corrected chi connectivity index (χ1v) is 13.3. The number of amidine groups is 1. The van der Waals surface area contributed by atoms with E-state index in [2.05, 4.69) is 10.4 Å². The number of phenolic OH excluding ortho intramolecular Hbond substituents is 1. The number of amides is 2. The van der Waals surface area contributed by atoms with E-state index in [-0.39, 0.29) is 30.0 Å². The van der Waals surface area contributed by atoms with Gasteiger partial charge in [-0.3, -0.25) is 15.0 Å². The molecule has 9 nitrogen and oxygen atoms in total. The molecular weight excluding hydrogens is 575 g/mol. The summed E-state index contributed by atoms with van der Waals surface area (Å²) in [6.07, 6.45) is -5.91. The normalized spacial score (nSPS) is 11.0. The molecule has 0 spiro atoms. The van der Waals surface area contributed by atoms with E-state index in [0.717, 1.165) is 0 Å². The summed E-state index contributed by atoms with van der Waals surface area (Å²) in [5.41, 5.74) is 1.65. The highest BCUT2D eigenvalue weighted by atomic mass is 35.5. The van der Waals surface area contributed by atoms with Crippen molar-refractivity contribution in [3.63, 3.8) is 0 Å². The molecule has 0 aliphatic heterocycles. The highest BCUT2D eigenvalue weighted by Gasteiger charge is 2.31. The van der Waals surface area contributed by atoms with Gasteiger partial charge in [-0.2, -0.15) is 18.3 Å². The van der Waals surface area contributed by atoms with Gasteiger partial charge in [-0.1, -0.05) is 43.6 Å². The number of benzene rings is 3. The molecule has 0 saturated heterocycles. The summed E-state index contributed by atoms with van der Waals surface area (Å²) in [7, 11) is 0. The number of nitrogens with one attached hydrogen (secondary N) is 2. The fourth-order valence-electron chi connectivity index (χ4n) is 4.00. The number of aromatic nitrogens is 2. The number of hydrogen-bond acceptors (Lipinski definition) is 5. The van der Waals surface area contributed by atoms with Crippen molar-refractivity contribution in [3.8, 4) is 5.75 Å². The number of fused-ring (bicyclic) bond motifs is 1. The first kappa shape index (κ1) is 31.9. The summed E-state index contributed by atoms with van der Waals surface area (Å²) >= 11 is 6.29. The molecule has 4 N–H and O–H groups in total. The number of carbonyl (C=O) groups is 2. The van der Waals surface area contributed by atoms with Gasteiger partial charge < -0.3 is 15.5 Å². The van der Waals surface area contributed by atoms with E-state index < -0.39 is 37.0 Å². The Kier molecular flexibility index (Phi) is 10.5. The molecule has 0 atom stereocenters. The maximum Gasteiger partial charge on any atom is 0.390 e. The van der Waals surface area contributed by atoms with Crippen LogP contribution in [0.15, 0.2) is 66.7 Å². The number of hydrogen-bond donors (Lipinski definition) is 4. The van der Waals surface area contributed by atoms with Crippen molar-refractivity contribution in [1.82, 2.24) is 20.0 Å². The predicted molar refractivity (Wildman–Crippen MR) is 153 cm³/mol. The van der Waals surface area contributed by atoms with Gasteiger partial charge in [0.15, 0.2) is 0 Å². The first-order valence-electron chi connectivity index (χ1n) is 12.9. The van der Waals surface area contributed by atoms with Crippen LogP contribution in [0.2, 0.25) is 5.02 Å². The van der Waals surface area contributed by atoms with Crippen LogP contribution in [0.5, 0.6) is 5.75 Å². The lowest BCUT2D eigenvalue weighted by atomic mass is 10.1. The summed E-state index contributed by atoms with van der Waals surface area (Å²) in [5.74, 6) is -1.73. The van der Waals surface area contributed by atoms with Crippen LogP contribution in [-0.2, 0) is 13.1 Å². The van der Waals surface area contributed by atoms with E-state index in [4.69, 9.17) is 17.0 Å². The molecule has 3 aromatic carbocycles. The number of nitrogens with zero attached hydrogens (tertiary/aromatic N) is 3. The Morgan fingerprint density at radius 1 is 1.05 bits per heavy atom. The lowest BCUT2D eigenvalue weighted by molar-refractivity contribution is -0.135. The lowest BCUT2D eigenvalue weighted by Crippen LogP contribution is -2.45. The third kappa shape index (κ3) is 8.00. The molecule has 4 aromatic rings. The molecule has 0 bridgehead atoms. The molecule has 13 heteroatoms. The Morgan fingerprint density at radius 2 is 1.69 bits per heavy atom. The Hall–Kier alpha value is -4.58. The van der Waals surface area contributed by atoms with Crippen molar-refractivity contribution in [1.29, 1.82) is 5.41 Å². The Labute approximate surface area is 244 Å². The van der Waals surface area contributed by atoms with Gasteiger partial charge >= 0.3 is 18.2 Å². The van der Waals surface area contributed by atoms with E-state index in [9.17, 15) is 33.0 Å². The number of alkyl halides is 3. The van der Waals surface area contributed by atoms with Crippen molar-refractivity contribution in [3.05, 3.63) is 94.1 Å². The number of carbonyl (C=O) groups excluding carboxylic acids is 1. The number of phenols is 1. The largest absolute Gasteiger partial charge is 0.508 e. The molecule has 2 amide bonds. The summed E-state index contributed by atoms with van der Waals surface area (Å²) in [5, 5.41) is 35.3. The zero-order chi connectivity index (χ0) is 31.0. The Bertz CT molecular complexity index is 1570. The quantitative estimate of drug-likeness (QED) is 0.132. The van der Waals surface area contributed by atoms with Gasteiger partial charge in [0.2, 0.25) is 0 Å². The van der Waals surface area contributed by atoms with Crippen LogP contribution in [0.25, 0.3) is 10.9 Å². The van der Waals surface area contributed by atoms with Crippen LogP contribution < -0.4 is 5.32 Å². The van der Waals surface area contributed by atoms with E-state index in [1.165, 1.54) is 47.1 Å². The standard InChI is InChI=1S/C27H23ClF3N5O4.C2H6/c28-21-4-2-1-3-18(21)15-36-23-13-17(25(38)39)7-10-20(23)22(34-36)14-33-26(40)35(12-11-27(29,30)31)24(32)16-5-8-19(37)9-6-16;1-2/h1-10,13,32,37H,11-12,14-15H2,(H,33,40)(H,38,39);1-2H3. The van der Waals surface area contributed by atoms with Gasteiger partial charge in [0.1, 0.15) is 11.6 Å². The maximum absolute atomic E-state index is 13.1. The van der Waals surface area contributed by atoms with Gasteiger partial charge in [-0.05, 0) is 54.1 Å². The number of aromatic hydroxyl groups is 1. The second kappa shape index (κ2) is 13.9. The molecule has 1 aromatic heterocycles. The highest BCUT2D eigenvalue weighted by Crippen LogP contribution is 2.25. The van der Waals surface area contributed by atoms with Crippen molar-refractivity contribution < 1.29 is 33.0 Å². The van der Waals surface area contributed by atoms with Gasteiger partial charge in [0, 0.05) is 22.5 Å². The molecule has 0 unspecified atom stereocenters. The minimum Gasteiger partial charge on any atom is -0.508 e. The van der Waals surface area contributed by atoms with Crippen LogP contribution in [0.4, 0.5) is 18.0 Å². The van der Waals surface area contributed by atoms with Crippen molar-refractivity contribution in [2.75, 3.05) is 6.54 Å². The Morgan fingerprint density at radius 3 is 2.31 bits per heavy atom. The molecule has 0 radical (unpaired) electrons. The number of urea groups is 1. The lowest BCUT2D eigenvalue weighted by Gasteiger charge is -2.24. The first-order chi connectivity index (χ1) is 19.9. The third-order valence-electron chi connectivity index (χ3n) is 6.03. The Balaban J connectivity index is 0.00000237. The van der Waals surface area contributed by atoms with Gasteiger partial charge in [0.25, 0.3) is 0 Å². The fourth-order valence-corrected chi connectivity index (χ4v) is 4.19. The second-order valence-corrected chi connectivity index (χ2v) is 9.21. The van der Waals surface area contributed by atoms with Crippen LogP contribution in [0, 0.1) is 5.41 Å². The van der Waals surface area contributed by atoms with Crippen molar-refractivity contribution >= 4 is 40.3 Å². The van der Waals surface area contributed by atoms with Crippen LogP contribution in [0.1, 0.15) is 47.4 Å². The number of carboxylic acid groups (broad SMARTS) is 1. The van der Waals surface area contributed by atoms with E-state index >= 15 is 0 Å². The minimum atomic E-state index is -4.57. The molecule has 0 aliphatic rings. The number of rotatable bonds is 8. The van der Waals surface area contributed by atoms with Crippen molar-refractivity contribution in [2.45, 2.75) is 39.5 Å². The molecule has 222 valence electrons. The molecule has 1 heterocycles. The maximum atomic E-state index is 13.1. The summed E-state index contributed by atoms with van der Waals surface area (Å²) in [4.78, 5) is 25.3. The van der Waals surface area contributed by atoms with Crippen LogP contribution >= 0.6 is 11.6 Å². The zero-order valence-electron chi connectivity index (χ0n) is 22.7. The minimum absolute atomic E-state index is 0.0177. The molecular formula is C29H29ClF3N5O4. The average Bonchev–Trinajstić information content (AvgIpc) is 3.30. The summed E-state index contributed by atoms with van der Waals surface area (Å²) < 4.78 is 40.5. The summed E-state index contributed by atoms with van der Waals surface area (Å²) in [6.45, 7) is 3.16. The topological polar surface area (TPSA) is 132 Å². The van der Waals surface area contributed by atoms with Gasteiger partial charge in [0.05, 0.1) is 36.3 Å². The van der Waals surface area contributed by atoms with Gasteiger partial charge in [-0.25, -0.2) is 9.59 Å². The third-order valence-corrected chi connectivity index (χ3v) is 6.40. The molecule has 0 aliphatic carbocycles.